The molecule has 0 aliphatic carbocycles. The zero-order chi connectivity index (χ0) is 23.3. The largest absolute Gasteiger partial charge is 0.461 e. The molecule has 0 bridgehead atoms. The Morgan fingerprint density at radius 3 is 2.72 bits per heavy atom. The zero-order valence-electron chi connectivity index (χ0n) is 19.7. The first-order chi connectivity index (χ1) is 15.4. The van der Waals surface area contributed by atoms with E-state index in [0.717, 1.165) is 36.0 Å². The Labute approximate surface area is 191 Å². The fourth-order valence-corrected chi connectivity index (χ4v) is 3.40. The summed E-state index contributed by atoms with van der Waals surface area (Å²) in [5, 5.41) is 3.38. The van der Waals surface area contributed by atoms with Gasteiger partial charge in [-0.1, -0.05) is 32.1 Å². The highest BCUT2D eigenvalue weighted by atomic mass is 16.6. The first-order valence-corrected chi connectivity index (χ1v) is 11.4. The average molecular weight is 441 g/mol. The number of carbonyl (C=O) groups excluding carboxylic acids is 2. The average Bonchev–Trinajstić information content (AvgIpc) is 2.79. The molecule has 0 saturated carbocycles. The SMILES string of the molecule is C/C=C(C=Nc1cccc(CNC(CC(C)C)C(=O)OC2CCOCC2)c1)\C=C(\C)C=O. The molecule has 174 valence electrons. The summed E-state index contributed by atoms with van der Waals surface area (Å²) in [6.45, 7) is 9.71. The minimum atomic E-state index is -0.351. The van der Waals surface area contributed by atoms with Crippen LogP contribution >= 0.6 is 0 Å². The predicted octanol–water partition coefficient (Wildman–Crippen LogP) is 4.71. The number of rotatable bonds is 11. The number of carbonyl (C=O) groups is 2. The fourth-order valence-electron chi connectivity index (χ4n) is 3.40. The maximum atomic E-state index is 12.8. The molecule has 1 aliphatic rings. The van der Waals surface area contributed by atoms with Crippen LogP contribution < -0.4 is 5.32 Å². The molecule has 1 atom stereocenters. The number of aldehydes is 1. The number of nitrogens with zero attached hydrogens (tertiary/aromatic N) is 1. The van der Waals surface area contributed by atoms with Crippen molar-refractivity contribution in [2.75, 3.05) is 13.2 Å². The van der Waals surface area contributed by atoms with E-state index >= 15 is 0 Å². The van der Waals surface area contributed by atoms with Gasteiger partial charge < -0.3 is 14.8 Å². The third kappa shape index (κ3) is 9.28. The van der Waals surface area contributed by atoms with Gasteiger partial charge in [-0.2, -0.15) is 0 Å². The van der Waals surface area contributed by atoms with Gasteiger partial charge in [0.25, 0.3) is 0 Å². The maximum absolute atomic E-state index is 12.8. The van der Waals surface area contributed by atoms with E-state index in [-0.39, 0.29) is 18.1 Å². The van der Waals surface area contributed by atoms with Crippen molar-refractivity contribution in [2.24, 2.45) is 10.9 Å². The van der Waals surface area contributed by atoms with E-state index in [1.165, 1.54) is 0 Å². The van der Waals surface area contributed by atoms with Gasteiger partial charge in [0, 0.05) is 25.6 Å². The molecule has 6 heteroatoms. The topological polar surface area (TPSA) is 77.0 Å². The van der Waals surface area contributed by atoms with E-state index < -0.39 is 0 Å². The summed E-state index contributed by atoms with van der Waals surface area (Å²) < 4.78 is 11.1. The molecule has 0 spiro atoms. The zero-order valence-corrected chi connectivity index (χ0v) is 19.7. The molecular formula is C26H36N2O4. The Bertz CT molecular complexity index is 836. The van der Waals surface area contributed by atoms with Gasteiger partial charge >= 0.3 is 5.97 Å². The highest BCUT2D eigenvalue weighted by molar-refractivity contribution is 5.87. The monoisotopic (exact) mass is 440 g/mol. The number of ether oxygens (including phenoxy) is 2. The molecule has 1 aromatic rings. The highest BCUT2D eigenvalue weighted by Gasteiger charge is 2.25. The molecule has 0 radical (unpaired) electrons. The number of hydrogen-bond acceptors (Lipinski definition) is 6. The molecule has 1 heterocycles. The summed E-state index contributed by atoms with van der Waals surface area (Å²) in [6.07, 6.45) is 8.45. The van der Waals surface area contributed by atoms with E-state index in [1.807, 2.05) is 37.3 Å². The lowest BCUT2D eigenvalue weighted by molar-refractivity contribution is -0.156. The molecule has 1 unspecified atom stereocenters. The Kier molecular flexibility index (Phi) is 11.0. The van der Waals surface area contributed by atoms with E-state index in [9.17, 15) is 9.59 Å². The van der Waals surface area contributed by atoms with Crippen LogP contribution in [0, 0.1) is 5.92 Å². The number of allylic oxidation sites excluding steroid dienone is 4. The summed E-state index contributed by atoms with van der Waals surface area (Å²) >= 11 is 0. The van der Waals surface area contributed by atoms with Crippen molar-refractivity contribution in [1.29, 1.82) is 0 Å². The fraction of sp³-hybridized carbons (Fsp3) is 0.500. The molecule has 1 aliphatic heterocycles. The minimum absolute atomic E-state index is 0.0527. The lowest BCUT2D eigenvalue weighted by Gasteiger charge is -2.26. The van der Waals surface area contributed by atoms with Crippen LogP contribution in [-0.4, -0.2) is 43.8 Å². The number of nitrogens with one attached hydrogen (secondary N) is 1. The van der Waals surface area contributed by atoms with Crippen molar-refractivity contribution in [3.63, 3.8) is 0 Å². The summed E-state index contributed by atoms with van der Waals surface area (Å²) in [5.41, 5.74) is 3.36. The number of aliphatic imine (C=N–C) groups is 1. The maximum Gasteiger partial charge on any atom is 0.323 e. The van der Waals surface area contributed by atoms with Crippen LogP contribution in [0.1, 0.15) is 52.5 Å². The van der Waals surface area contributed by atoms with E-state index in [4.69, 9.17) is 9.47 Å². The van der Waals surface area contributed by atoms with Crippen molar-refractivity contribution >= 4 is 24.2 Å². The van der Waals surface area contributed by atoms with E-state index in [0.29, 0.717) is 37.7 Å². The van der Waals surface area contributed by atoms with Gasteiger partial charge in [-0.25, -0.2) is 0 Å². The summed E-state index contributed by atoms with van der Waals surface area (Å²) in [5.74, 6) is 0.183. The van der Waals surface area contributed by atoms with Crippen molar-refractivity contribution in [2.45, 2.75) is 65.6 Å². The minimum Gasteiger partial charge on any atom is -0.461 e. The highest BCUT2D eigenvalue weighted by Crippen LogP contribution is 2.17. The smallest absolute Gasteiger partial charge is 0.323 e. The van der Waals surface area contributed by atoms with Gasteiger partial charge in [0.1, 0.15) is 18.4 Å². The second kappa shape index (κ2) is 13.8. The Morgan fingerprint density at radius 2 is 2.06 bits per heavy atom. The molecule has 2 rings (SSSR count). The van der Waals surface area contributed by atoms with Crippen LogP contribution in [-0.2, 0) is 25.6 Å². The molecule has 1 saturated heterocycles. The summed E-state index contributed by atoms with van der Waals surface area (Å²) in [4.78, 5) is 28.1. The third-order valence-electron chi connectivity index (χ3n) is 5.18. The standard InChI is InChI=1S/C26H36N2O4/c1-5-21(14-20(4)18-29)16-27-23-8-6-7-22(15-23)17-28-25(13-19(2)3)26(30)32-24-9-11-31-12-10-24/h5-8,14-16,18-19,24-25,28H,9-13,17H2,1-4H3/b20-14-,21-5+,27-16?. The molecule has 0 aromatic heterocycles. The van der Waals surface area contributed by atoms with Crippen LogP contribution in [0.25, 0.3) is 0 Å². The molecule has 0 amide bonds. The summed E-state index contributed by atoms with van der Waals surface area (Å²) in [7, 11) is 0. The van der Waals surface area contributed by atoms with Crippen molar-refractivity contribution in [1.82, 2.24) is 5.32 Å². The normalized spacial score (nSPS) is 17.0. The van der Waals surface area contributed by atoms with Gasteiger partial charge in [0.05, 0.1) is 18.9 Å². The van der Waals surface area contributed by atoms with Crippen LogP contribution in [0.3, 0.4) is 0 Å². The lowest BCUT2D eigenvalue weighted by atomic mass is 10.0. The van der Waals surface area contributed by atoms with Crippen LogP contribution in [0.5, 0.6) is 0 Å². The van der Waals surface area contributed by atoms with Gasteiger partial charge in [0.2, 0.25) is 0 Å². The molecule has 1 fully saturated rings. The molecule has 6 nitrogen and oxygen atoms in total. The van der Waals surface area contributed by atoms with Crippen molar-refractivity contribution in [3.8, 4) is 0 Å². The molecule has 32 heavy (non-hydrogen) atoms. The van der Waals surface area contributed by atoms with Gasteiger partial charge in [-0.05, 0) is 61.1 Å². The lowest BCUT2D eigenvalue weighted by Crippen LogP contribution is -2.41. The first kappa shape index (κ1) is 25.7. The number of hydrogen-bond donors (Lipinski definition) is 1. The third-order valence-corrected chi connectivity index (χ3v) is 5.18. The molecular weight excluding hydrogens is 404 g/mol. The quantitative estimate of drug-likeness (QED) is 0.177. The summed E-state index contributed by atoms with van der Waals surface area (Å²) in [6, 6.07) is 7.52. The van der Waals surface area contributed by atoms with Crippen molar-refractivity contribution < 1.29 is 19.1 Å². The first-order valence-electron chi connectivity index (χ1n) is 11.4. The van der Waals surface area contributed by atoms with Crippen LogP contribution in [0.15, 0.2) is 52.6 Å². The predicted molar refractivity (Wildman–Crippen MR) is 128 cm³/mol. The van der Waals surface area contributed by atoms with Crippen molar-refractivity contribution in [3.05, 3.63) is 53.1 Å². The van der Waals surface area contributed by atoms with E-state index in [1.54, 1.807) is 19.2 Å². The Hall–Kier alpha value is -2.57. The second-order valence-corrected chi connectivity index (χ2v) is 8.53. The second-order valence-electron chi connectivity index (χ2n) is 8.53. The molecule has 1 aromatic carbocycles. The van der Waals surface area contributed by atoms with Gasteiger partial charge in [-0.3, -0.25) is 14.6 Å². The van der Waals surface area contributed by atoms with Crippen LogP contribution in [0.4, 0.5) is 5.69 Å². The Morgan fingerprint density at radius 1 is 1.31 bits per heavy atom. The van der Waals surface area contributed by atoms with Gasteiger partial charge in [-0.15, -0.1) is 0 Å². The number of benzene rings is 1. The van der Waals surface area contributed by atoms with Crippen LogP contribution in [0.2, 0.25) is 0 Å². The van der Waals surface area contributed by atoms with Gasteiger partial charge in [0.15, 0.2) is 0 Å². The molecule has 1 N–H and O–H groups in total. The van der Waals surface area contributed by atoms with E-state index in [2.05, 4.69) is 24.2 Å². The number of esters is 1. The Balaban J connectivity index is 2.01.